The number of carbonyl (C=O) groups is 1. The molecule has 2 aromatic rings. The van der Waals surface area contributed by atoms with Crippen LogP contribution in [-0.4, -0.2) is 44.9 Å². The molecule has 1 unspecified atom stereocenters. The molecule has 1 saturated heterocycles. The largest absolute Gasteiger partial charge is 0.300 e. The molecular formula is C15H20N4O. The zero-order valence-electron chi connectivity index (χ0n) is 12.0. The Morgan fingerprint density at radius 3 is 3.05 bits per heavy atom. The lowest BCUT2D eigenvalue weighted by atomic mass is 9.96. The Labute approximate surface area is 118 Å². The van der Waals surface area contributed by atoms with Gasteiger partial charge in [0.25, 0.3) is 0 Å². The van der Waals surface area contributed by atoms with Crippen LogP contribution < -0.4 is 0 Å². The van der Waals surface area contributed by atoms with Crippen LogP contribution in [0.25, 0.3) is 5.65 Å². The number of fused-ring (bicyclic) bond motifs is 1. The predicted molar refractivity (Wildman–Crippen MR) is 77.1 cm³/mol. The Balaban J connectivity index is 1.88. The van der Waals surface area contributed by atoms with Crippen LogP contribution in [0.1, 0.15) is 48.8 Å². The third-order valence-electron chi connectivity index (χ3n) is 4.06. The maximum absolute atomic E-state index is 10.8. The lowest BCUT2D eigenvalue weighted by Gasteiger charge is -2.34. The molecule has 3 rings (SSSR count). The van der Waals surface area contributed by atoms with Crippen LogP contribution in [0.15, 0.2) is 18.3 Å². The summed E-state index contributed by atoms with van der Waals surface area (Å²) in [5, 5.41) is 4.57. The highest BCUT2D eigenvalue weighted by Crippen LogP contribution is 2.26. The minimum absolute atomic E-state index is 0.394. The van der Waals surface area contributed by atoms with E-state index in [9.17, 15) is 4.79 Å². The molecule has 0 spiro atoms. The summed E-state index contributed by atoms with van der Waals surface area (Å²) in [6.45, 7) is 6.65. The van der Waals surface area contributed by atoms with Crippen molar-refractivity contribution in [2.24, 2.45) is 0 Å². The van der Waals surface area contributed by atoms with Gasteiger partial charge in [0.05, 0.1) is 0 Å². The van der Waals surface area contributed by atoms with Gasteiger partial charge in [-0.15, -0.1) is 0 Å². The maximum atomic E-state index is 10.8. The van der Waals surface area contributed by atoms with Crippen molar-refractivity contribution in [1.82, 2.24) is 19.5 Å². The number of carbonyl (C=O) groups excluding carboxylic acids is 1. The van der Waals surface area contributed by atoms with Crippen LogP contribution in [0.3, 0.4) is 0 Å². The third kappa shape index (κ3) is 2.45. The fourth-order valence-electron chi connectivity index (χ4n) is 2.85. The summed E-state index contributed by atoms with van der Waals surface area (Å²) in [5.41, 5.74) is 1.40. The molecule has 20 heavy (non-hydrogen) atoms. The minimum Gasteiger partial charge on any atom is -0.300 e. The summed E-state index contributed by atoms with van der Waals surface area (Å²) in [6.07, 6.45) is 4.98. The summed E-state index contributed by atoms with van der Waals surface area (Å²) in [7, 11) is 0. The van der Waals surface area contributed by atoms with Crippen LogP contribution in [-0.2, 0) is 0 Å². The molecule has 0 aromatic carbocycles. The van der Waals surface area contributed by atoms with E-state index in [1.165, 1.54) is 6.42 Å². The molecule has 2 aromatic heterocycles. The third-order valence-corrected chi connectivity index (χ3v) is 4.06. The number of aldehydes is 1. The van der Waals surface area contributed by atoms with E-state index in [2.05, 4.69) is 28.8 Å². The maximum Gasteiger partial charge on any atom is 0.156 e. The first-order valence-corrected chi connectivity index (χ1v) is 7.23. The fraction of sp³-hybridized carbons (Fsp3) is 0.533. The number of pyridine rings is 1. The topological polar surface area (TPSA) is 50.5 Å². The summed E-state index contributed by atoms with van der Waals surface area (Å²) in [6, 6.07) is 4.11. The van der Waals surface area contributed by atoms with Crippen LogP contribution >= 0.6 is 0 Å². The second-order valence-electron chi connectivity index (χ2n) is 5.78. The highest BCUT2D eigenvalue weighted by molar-refractivity contribution is 5.76. The average Bonchev–Trinajstić information content (AvgIpc) is 2.90. The van der Waals surface area contributed by atoms with E-state index in [1.807, 2.05) is 0 Å². The van der Waals surface area contributed by atoms with Crippen molar-refractivity contribution < 1.29 is 4.79 Å². The zero-order chi connectivity index (χ0) is 14.1. The molecule has 106 valence electrons. The van der Waals surface area contributed by atoms with E-state index >= 15 is 0 Å². The summed E-state index contributed by atoms with van der Waals surface area (Å²) >= 11 is 0. The lowest BCUT2D eigenvalue weighted by Crippen LogP contribution is -2.39. The number of rotatable bonds is 3. The molecule has 0 N–H and O–H groups in total. The Kier molecular flexibility index (Phi) is 3.53. The quantitative estimate of drug-likeness (QED) is 0.803. The molecular weight excluding hydrogens is 252 g/mol. The van der Waals surface area contributed by atoms with E-state index in [4.69, 9.17) is 0 Å². The van der Waals surface area contributed by atoms with Crippen molar-refractivity contribution in [1.29, 1.82) is 0 Å². The minimum atomic E-state index is 0.394. The van der Waals surface area contributed by atoms with E-state index in [0.717, 1.165) is 37.3 Å². The van der Waals surface area contributed by atoms with Gasteiger partial charge in [-0.05, 0) is 45.4 Å². The van der Waals surface area contributed by atoms with Gasteiger partial charge in [0.15, 0.2) is 11.5 Å². The molecule has 0 saturated carbocycles. The lowest BCUT2D eigenvalue weighted by molar-refractivity contribution is 0.112. The van der Waals surface area contributed by atoms with Crippen molar-refractivity contribution in [3.8, 4) is 0 Å². The van der Waals surface area contributed by atoms with E-state index in [1.54, 1.807) is 22.8 Å². The monoisotopic (exact) mass is 272 g/mol. The number of nitrogens with zero attached hydrogens (tertiary/aromatic N) is 4. The summed E-state index contributed by atoms with van der Waals surface area (Å²) < 4.78 is 1.76. The predicted octanol–water partition coefficient (Wildman–Crippen LogP) is 2.13. The SMILES string of the molecule is CC(C)N1CCCC(c2nc3cc(C=O)ccn3n2)C1. The van der Waals surface area contributed by atoms with Crippen molar-refractivity contribution >= 4 is 11.9 Å². The van der Waals surface area contributed by atoms with Crippen LogP contribution in [0, 0.1) is 0 Å². The molecule has 5 heteroatoms. The molecule has 1 aliphatic rings. The molecule has 0 aliphatic carbocycles. The Morgan fingerprint density at radius 2 is 2.30 bits per heavy atom. The second-order valence-corrected chi connectivity index (χ2v) is 5.78. The highest BCUT2D eigenvalue weighted by Gasteiger charge is 2.25. The van der Waals surface area contributed by atoms with Gasteiger partial charge in [0.2, 0.25) is 0 Å². The normalized spacial score (nSPS) is 20.6. The zero-order valence-corrected chi connectivity index (χ0v) is 12.0. The van der Waals surface area contributed by atoms with Crippen molar-refractivity contribution in [3.05, 3.63) is 29.7 Å². The Hall–Kier alpha value is -1.75. The van der Waals surface area contributed by atoms with Gasteiger partial charge >= 0.3 is 0 Å². The van der Waals surface area contributed by atoms with Gasteiger partial charge in [0.1, 0.15) is 6.29 Å². The van der Waals surface area contributed by atoms with Crippen molar-refractivity contribution in [2.75, 3.05) is 13.1 Å². The standard InChI is InChI=1S/C15H20N4O/c1-11(2)18-6-3-4-13(9-18)15-16-14-8-12(10-20)5-7-19(14)17-15/h5,7-8,10-11,13H,3-4,6,9H2,1-2H3. The Bertz CT molecular complexity index is 619. The molecule has 0 radical (unpaired) electrons. The number of hydrogen-bond acceptors (Lipinski definition) is 4. The van der Waals surface area contributed by atoms with Gasteiger partial charge < -0.3 is 4.90 Å². The van der Waals surface area contributed by atoms with Crippen LogP contribution in [0.2, 0.25) is 0 Å². The van der Waals surface area contributed by atoms with E-state index in [0.29, 0.717) is 17.5 Å². The van der Waals surface area contributed by atoms with Crippen molar-refractivity contribution in [3.63, 3.8) is 0 Å². The molecule has 0 bridgehead atoms. The average molecular weight is 272 g/mol. The Morgan fingerprint density at radius 1 is 1.45 bits per heavy atom. The van der Waals surface area contributed by atoms with Crippen LogP contribution in [0.5, 0.6) is 0 Å². The number of piperidine rings is 1. The first-order valence-electron chi connectivity index (χ1n) is 7.23. The summed E-state index contributed by atoms with van der Waals surface area (Å²) in [4.78, 5) is 17.9. The van der Waals surface area contributed by atoms with Gasteiger partial charge in [-0.3, -0.25) is 4.79 Å². The highest BCUT2D eigenvalue weighted by atomic mass is 16.1. The molecule has 1 atom stereocenters. The van der Waals surface area contributed by atoms with Gasteiger partial charge in [-0.25, -0.2) is 9.50 Å². The second kappa shape index (κ2) is 5.32. The van der Waals surface area contributed by atoms with Gasteiger partial charge in [-0.1, -0.05) is 0 Å². The molecule has 3 heterocycles. The molecule has 1 aliphatic heterocycles. The van der Waals surface area contributed by atoms with E-state index in [-0.39, 0.29) is 0 Å². The number of hydrogen-bond donors (Lipinski definition) is 0. The molecule has 1 fully saturated rings. The molecule has 0 amide bonds. The van der Waals surface area contributed by atoms with Crippen LogP contribution in [0.4, 0.5) is 0 Å². The fourth-order valence-corrected chi connectivity index (χ4v) is 2.85. The van der Waals surface area contributed by atoms with Crippen molar-refractivity contribution in [2.45, 2.75) is 38.6 Å². The number of likely N-dealkylation sites (tertiary alicyclic amines) is 1. The smallest absolute Gasteiger partial charge is 0.156 e. The van der Waals surface area contributed by atoms with Gasteiger partial charge in [-0.2, -0.15) is 5.10 Å². The van der Waals surface area contributed by atoms with Gasteiger partial charge in [0, 0.05) is 30.3 Å². The summed E-state index contributed by atoms with van der Waals surface area (Å²) in [5.74, 6) is 1.30. The first-order chi connectivity index (χ1) is 9.67. The number of aromatic nitrogens is 3. The van der Waals surface area contributed by atoms with E-state index < -0.39 is 0 Å². The first kappa shape index (κ1) is 13.2. The molecule has 5 nitrogen and oxygen atoms in total.